The van der Waals surface area contributed by atoms with Crippen molar-refractivity contribution in [3.63, 3.8) is 0 Å². The Kier molecular flexibility index (Phi) is 5.70. The topological polar surface area (TPSA) is 88.2 Å². The number of nitrogens with one attached hydrogen (secondary N) is 1. The predicted molar refractivity (Wildman–Crippen MR) is 129 cm³/mol. The third kappa shape index (κ3) is 4.40. The number of para-hydroxylation sites is 1. The fourth-order valence-corrected chi connectivity index (χ4v) is 5.20. The van der Waals surface area contributed by atoms with E-state index >= 15 is 0 Å². The number of aromatic nitrogens is 3. The van der Waals surface area contributed by atoms with Crippen molar-refractivity contribution in [1.82, 2.24) is 19.5 Å². The van der Waals surface area contributed by atoms with E-state index in [0.29, 0.717) is 13.1 Å². The highest BCUT2D eigenvalue weighted by molar-refractivity contribution is 7.92. The minimum atomic E-state index is -3.45. The second-order valence-corrected chi connectivity index (χ2v) is 9.96. The van der Waals surface area contributed by atoms with E-state index in [0.717, 1.165) is 57.6 Å². The summed E-state index contributed by atoms with van der Waals surface area (Å²) in [5.74, 6) is 1.52. The first-order valence-corrected chi connectivity index (χ1v) is 12.3. The van der Waals surface area contributed by atoms with Crippen molar-refractivity contribution < 1.29 is 13.2 Å². The van der Waals surface area contributed by atoms with Crippen LogP contribution in [0.2, 0.25) is 0 Å². The smallest absolute Gasteiger partial charge is 0.235 e. The molecule has 0 aliphatic carbocycles. The molecular formula is C25H24N4O3S. The second-order valence-electron chi connectivity index (χ2n) is 8.08. The summed E-state index contributed by atoms with van der Waals surface area (Å²) < 4.78 is 32.0. The first kappa shape index (κ1) is 21.4. The third-order valence-corrected chi connectivity index (χ3v) is 7.40. The molecule has 1 atom stereocenters. The Hall–Kier alpha value is -3.49. The van der Waals surface area contributed by atoms with Gasteiger partial charge >= 0.3 is 0 Å². The van der Waals surface area contributed by atoms with Gasteiger partial charge < -0.3 is 4.74 Å². The van der Waals surface area contributed by atoms with Crippen LogP contribution in [0.15, 0.2) is 78.8 Å². The molecule has 1 saturated heterocycles. The number of ether oxygens (including phenoxy) is 1. The Morgan fingerprint density at radius 2 is 1.85 bits per heavy atom. The van der Waals surface area contributed by atoms with E-state index in [2.05, 4.69) is 16.8 Å². The molecule has 2 aromatic carbocycles. The van der Waals surface area contributed by atoms with Gasteiger partial charge in [-0.25, -0.2) is 8.42 Å². The Bertz CT molecular complexity index is 1380. The highest BCUT2D eigenvalue weighted by Crippen LogP contribution is 2.34. The summed E-state index contributed by atoms with van der Waals surface area (Å²) in [6.07, 6.45) is 3.44. The number of hydrogen-bond donors (Lipinski definition) is 1. The van der Waals surface area contributed by atoms with Crippen LogP contribution in [-0.2, 0) is 10.0 Å². The molecule has 7 nitrogen and oxygen atoms in total. The number of fused-ring (bicyclic) bond motifs is 1. The van der Waals surface area contributed by atoms with Crippen molar-refractivity contribution in [3.8, 4) is 22.8 Å². The van der Waals surface area contributed by atoms with Crippen molar-refractivity contribution in [2.75, 3.05) is 13.1 Å². The monoisotopic (exact) mass is 460 g/mol. The van der Waals surface area contributed by atoms with Crippen LogP contribution in [-0.4, -0.2) is 41.0 Å². The van der Waals surface area contributed by atoms with Crippen LogP contribution >= 0.6 is 0 Å². The molecular weight excluding hydrogens is 436 g/mol. The Balaban J connectivity index is 1.47. The van der Waals surface area contributed by atoms with Crippen LogP contribution in [0.3, 0.4) is 0 Å². The Morgan fingerprint density at radius 3 is 2.61 bits per heavy atom. The molecule has 3 heterocycles. The molecule has 1 aliphatic rings. The average Bonchev–Trinajstić information content (AvgIpc) is 3.34. The lowest BCUT2D eigenvalue weighted by molar-refractivity contribution is 0.316. The fraction of sp³-hybridized carbons (Fsp3) is 0.200. The Labute approximate surface area is 192 Å². The molecule has 0 radical (unpaired) electrons. The van der Waals surface area contributed by atoms with E-state index in [1.807, 2.05) is 60.7 Å². The number of nitrogens with zero attached hydrogens (tertiary/aromatic N) is 3. The summed E-state index contributed by atoms with van der Waals surface area (Å²) in [5.41, 5.74) is 3.43. The Morgan fingerprint density at radius 1 is 1.09 bits per heavy atom. The molecule has 8 heteroatoms. The number of pyridine rings is 1. The molecule has 1 N–H and O–H groups in total. The number of H-pyrrole nitrogens is 1. The first-order valence-electron chi connectivity index (χ1n) is 10.8. The molecule has 1 unspecified atom stereocenters. The van der Waals surface area contributed by atoms with Crippen LogP contribution in [0.5, 0.6) is 11.5 Å². The van der Waals surface area contributed by atoms with Gasteiger partial charge in [0.1, 0.15) is 11.5 Å². The van der Waals surface area contributed by atoms with Crippen molar-refractivity contribution >= 4 is 20.9 Å². The van der Waals surface area contributed by atoms with Crippen molar-refractivity contribution in [2.24, 2.45) is 0 Å². The van der Waals surface area contributed by atoms with Crippen molar-refractivity contribution in [2.45, 2.75) is 18.8 Å². The van der Waals surface area contributed by atoms with E-state index in [-0.39, 0.29) is 5.92 Å². The summed E-state index contributed by atoms with van der Waals surface area (Å²) in [6.45, 7) is 4.36. The lowest BCUT2D eigenvalue weighted by Crippen LogP contribution is -2.38. The van der Waals surface area contributed by atoms with E-state index in [4.69, 9.17) is 9.72 Å². The minimum absolute atomic E-state index is 0.00668. The van der Waals surface area contributed by atoms with Crippen molar-refractivity contribution in [3.05, 3.63) is 84.5 Å². The maximum atomic E-state index is 12.3. The zero-order valence-corrected chi connectivity index (χ0v) is 18.8. The van der Waals surface area contributed by atoms with Gasteiger partial charge in [-0.05, 0) is 55.3 Å². The van der Waals surface area contributed by atoms with Gasteiger partial charge in [-0.1, -0.05) is 24.8 Å². The number of piperidine rings is 1. The molecule has 0 spiro atoms. The first-order chi connectivity index (χ1) is 16.0. The summed E-state index contributed by atoms with van der Waals surface area (Å²) in [5, 5.41) is 9.22. The molecule has 2 aromatic heterocycles. The second kappa shape index (κ2) is 8.80. The van der Waals surface area contributed by atoms with Gasteiger partial charge in [-0.15, -0.1) is 0 Å². The molecule has 33 heavy (non-hydrogen) atoms. The van der Waals surface area contributed by atoms with E-state index in [9.17, 15) is 8.42 Å². The molecule has 0 bridgehead atoms. The largest absolute Gasteiger partial charge is 0.457 e. The fourth-order valence-electron chi connectivity index (χ4n) is 4.22. The lowest BCUT2D eigenvalue weighted by atomic mass is 9.94. The quantitative estimate of drug-likeness (QED) is 0.434. The van der Waals surface area contributed by atoms with Gasteiger partial charge in [0.2, 0.25) is 10.0 Å². The van der Waals surface area contributed by atoms with Crippen LogP contribution in [0, 0.1) is 0 Å². The molecule has 5 rings (SSSR count). The van der Waals surface area contributed by atoms with Gasteiger partial charge in [0, 0.05) is 41.1 Å². The highest BCUT2D eigenvalue weighted by Gasteiger charge is 2.29. The van der Waals surface area contributed by atoms with Crippen LogP contribution < -0.4 is 4.74 Å². The lowest BCUT2D eigenvalue weighted by Gasteiger charge is -2.30. The van der Waals surface area contributed by atoms with Gasteiger partial charge in [-0.2, -0.15) is 9.40 Å². The molecule has 4 aromatic rings. The van der Waals surface area contributed by atoms with E-state index in [1.165, 1.54) is 4.31 Å². The van der Waals surface area contributed by atoms with Crippen molar-refractivity contribution in [1.29, 1.82) is 0 Å². The van der Waals surface area contributed by atoms with Gasteiger partial charge in [0.15, 0.2) is 0 Å². The highest BCUT2D eigenvalue weighted by atomic mass is 32.2. The average molecular weight is 461 g/mol. The zero-order chi connectivity index (χ0) is 22.8. The zero-order valence-electron chi connectivity index (χ0n) is 18.0. The number of sulfonamides is 1. The molecule has 1 fully saturated rings. The van der Waals surface area contributed by atoms with Crippen LogP contribution in [0.4, 0.5) is 0 Å². The third-order valence-electron chi connectivity index (χ3n) is 5.93. The standard InChI is InChI=1S/C25H24N4O3S/c1-2-33(30,31)29-14-6-7-19(17-29)23-15-20-16-26-28-25(20)24(27-23)18-10-12-22(13-11-18)32-21-8-4-3-5-9-21/h2-5,8-13,15-16,19H,1,6-7,14,17H2,(H,26,28). The maximum absolute atomic E-state index is 12.3. The molecule has 0 saturated carbocycles. The molecule has 1 aliphatic heterocycles. The number of benzene rings is 2. The number of aromatic amines is 1. The van der Waals surface area contributed by atoms with Crippen LogP contribution in [0.1, 0.15) is 24.5 Å². The SMILES string of the molecule is C=CS(=O)(=O)N1CCCC(c2cc3cn[nH]c3c(-c3ccc(Oc4ccccc4)cc3)n2)C1. The minimum Gasteiger partial charge on any atom is -0.457 e. The van der Waals surface area contributed by atoms with Gasteiger partial charge in [0.05, 0.1) is 17.4 Å². The summed E-state index contributed by atoms with van der Waals surface area (Å²) >= 11 is 0. The van der Waals surface area contributed by atoms with Gasteiger partial charge in [-0.3, -0.25) is 10.1 Å². The maximum Gasteiger partial charge on any atom is 0.235 e. The van der Waals surface area contributed by atoms with Gasteiger partial charge in [0.25, 0.3) is 0 Å². The number of rotatable bonds is 6. The summed E-state index contributed by atoms with van der Waals surface area (Å²) in [7, 11) is -3.45. The normalized spacial score (nSPS) is 17.2. The molecule has 0 amide bonds. The summed E-state index contributed by atoms with van der Waals surface area (Å²) in [6, 6.07) is 19.4. The number of hydrogen-bond acceptors (Lipinski definition) is 5. The predicted octanol–water partition coefficient (Wildman–Crippen LogP) is 5.07. The van der Waals surface area contributed by atoms with E-state index in [1.54, 1.807) is 6.20 Å². The summed E-state index contributed by atoms with van der Waals surface area (Å²) in [4.78, 5) is 4.96. The van der Waals surface area contributed by atoms with E-state index < -0.39 is 10.0 Å². The van der Waals surface area contributed by atoms with Crippen LogP contribution in [0.25, 0.3) is 22.2 Å². The molecule has 168 valence electrons.